The summed E-state index contributed by atoms with van der Waals surface area (Å²) in [6.45, 7) is 2.93. The number of fused-ring (bicyclic) bond motifs is 1. The van der Waals surface area contributed by atoms with Crippen LogP contribution in [0, 0.1) is 11.3 Å². The molecule has 1 aromatic carbocycles. The molecule has 1 aliphatic heterocycles. The number of carbonyl (C=O) groups is 1. The molecule has 0 aromatic heterocycles. The summed E-state index contributed by atoms with van der Waals surface area (Å²) in [7, 11) is 1.60. The van der Waals surface area contributed by atoms with Crippen LogP contribution >= 0.6 is 0 Å². The van der Waals surface area contributed by atoms with Gasteiger partial charge in [-0.05, 0) is 36.3 Å². The number of nitrogens with zero attached hydrogens (tertiary/aromatic N) is 1. The molecule has 0 fully saturated rings. The Kier molecular flexibility index (Phi) is 5.81. The largest absolute Gasteiger partial charge is 0.497 e. The lowest BCUT2D eigenvalue weighted by Gasteiger charge is -2.17. The van der Waals surface area contributed by atoms with Gasteiger partial charge in [-0.2, -0.15) is 5.26 Å². The Labute approximate surface area is 136 Å². The van der Waals surface area contributed by atoms with Crippen molar-refractivity contribution in [1.82, 2.24) is 5.32 Å². The van der Waals surface area contributed by atoms with E-state index < -0.39 is 0 Å². The first-order chi connectivity index (χ1) is 11.2. The van der Waals surface area contributed by atoms with Crippen molar-refractivity contribution in [1.29, 1.82) is 5.26 Å². The summed E-state index contributed by atoms with van der Waals surface area (Å²) >= 11 is 0. The lowest BCUT2D eigenvalue weighted by atomic mass is 10.0. The molecule has 0 radical (unpaired) electrons. The van der Waals surface area contributed by atoms with Crippen molar-refractivity contribution in [2.75, 3.05) is 20.3 Å². The molecule has 1 amide bonds. The van der Waals surface area contributed by atoms with E-state index in [-0.39, 0.29) is 11.5 Å². The normalized spacial score (nSPS) is 13.3. The summed E-state index contributed by atoms with van der Waals surface area (Å²) in [5, 5.41) is 11.9. The van der Waals surface area contributed by atoms with Gasteiger partial charge in [0, 0.05) is 18.2 Å². The van der Waals surface area contributed by atoms with Gasteiger partial charge in [-0.25, -0.2) is 0 Å². The Morgan fingerprint density at radius 3 is 3.04 bits per heavy atom. The van der Waals surface area contributed by atoms with Gasteiger partial charge in [0.05, 0.1) is 7.11 Å². The van der Waals surface area contributed by atoms with Gasteiger partial charge < -0.3 is 14.8 Å². The standard InChI is InChI=1S/C18H20N2O3/c1-3-4-7-20-18(21)15(11-19)9-13-8-14-5-6-16(22-2)10-17(14)23-12-13/h5-6,8-10H,3-4,7,12H2,1-2H3,(H,20,21)/b15-9+. The van der Waals surface area contributed by atoms with E-state index >= 15 is 0 Å². The van der Waals surface area contributed by atoms with Crippen molar-refractivity contribution in [3.63, 3.8) is 0 Å². The fraction of sp³-hybridized carbons (Fsp3) is 0.333. The molecular weight excluding hydrogens is 292 g/mol. The number of carbonyl (C=O) groups excluding carboxylic acids is 1. The van der Waals surface area contributed by atoms with E-state index in [1.807, 2.05) is 37.3 Å². The number of benzene rings is 1. The molecule has 5 heteroatoms. The van der Waals surface area contributed by atoms with E-state index in [1.165, 1.54) is 0 Å². The average Bonchev–Trinajstić information content (AvgIpc) is 2.59. The number of unbranched alkanes of at least 4 members (excludes halogenated alkanes) is 1. The number of methoxy groups -OCH3 is 1. The lowest BCUT2D eigenvalue weighted by molar-refractivity contribution is -0.117. The highest BCUT2D eigenvalue weighted by molar-refractivity contribution is 5.98. The van der Waals surface area contributed by atoms with Gasteiger partial charge in [-0.1, -0.05) is 13.3 Å². The smallest absolute Gasteiger partial charge is 0.261 e. The van der Waals surface area contributed by atoms with Crippen molar-refractivity contribution in [2.24, 2.45) is 0 Å². The fourth-order valence-corrected chi connectivity index (χ4v) is 2.18. The summed E-state index contributed by atoms with van der Waals surface area (Å²) < 4.78 is 10.8. The van der Waals surface area contributed by atoms with Crippen LogP contribution in [0.3, 0.4) is 0 Å². The minimum Gasteiger partial charge on any atom is -0.497 e. The van der Waals surface area contributed by atoms with Crippen LogP contribution in [0.4, 0.5) is 0 Å². The van der Waals surface area contributed by atoms with Crippen molar-refractivity contribution < 1.29 is 14.3 Å². The van der Waals surface area contributed by atoms with Gasteiger partial charge >= 0.3 is 0 Å². The number of rotatable bonds is 6. The average molecular weight is 312 g/mol. The maximum atomic E-state index is 12.0. The van der Waals surface area contributed by atoms with Crippen LogP contribution in [0.15, 0.2) is 35.4 Å². The lowest BCUT2D eigenvalue weighted by Crippen LogP contribution is -2.25. The predicted molar refractivity (Wildman–Crippen MR) is 88.1 cm³/mol. The second kappa shape index (κ2) is 8.04. The number of ether oxygens (including phenoxy) is 2. The number of nitrogens with one attached hydrogen (secondary N) is 1. The van der Waals surface area contributed by atoms with Crippen LogP contribution in [0.2, 0.25) is 0 Å². The van der Waals surface area contributed by atoms with Crippen LogP contribution < -0.4 is 14.8 Å². The van der Waals surface area contributed by atoms with Gasteiger partial charge in [0.15, 0.2) is 0 Å². The van der Waals surface area contributed by atoms with E-state index in [0.29, 0.717) is 13.2 Å². The van der Waals surface area contributed by atoms with E-state index in [2.05, 4.69) is 5.32 Å². The minimum atomic E-state index is -0.345. The second-order valence-electron chi connectivity index (χ2n) is 5.19. The fourth-order valence-electron chi connectivity index (χ4n) is 2.18. The predicted octanol–water partition coefficient (Wildman–Crippen LogP) is 2.84. The molecule has 0 bridgehead atoms. The SMILES string of the molecule is CCCCNC(=O)/C(C#N)=C/C1=Cc2ccc(OC)cc2OC1. The summed E-state index contributed by atoms with van der Waals surface area (Å²) in [5.74, 6) is 1.11. The Morgan fingerprint density at radius 2 is 2.35 bits per heavy atom. The zero-order chi connectivity index (χ0) is 16.7. The van der Waals surface area contributed by atoms with E-state index in [4.69, 9.17) is 9.47 Å². The van der Waals surface area contributed by atoms with Crippen LogP contribution in [0.25, 0.3) is 6.08 Å². The molecule has 23 heavy (non-hydrogen) atoms. The van der Waals surface area contributed by atoms with Crippen molar-refractivity contribution in [2.45, 2.75) is 19.8 Å². The monoisotopic (exact) mass is 312 g/mol. The highest BCUT2D eigenvalue weighted by atomic mass is 16.5. The number of hydrogen-bond donors (Lipinski definition) is 1. The third kappa shape index (κ3) is 4.36. The number of nitriles is 1. The van der Waals surface area contributed by atoms with E-state index in [9.17, 15) is 10.1 Å². The molecule has 0 atom stereocenters. The van der Waals surface area contributed by atoms with E-state index in [0.717, 1.165) is 35.5 Å². The summed E-state index contributed by atoms with van der Waals surface area (Å²) in [5.41, 5.74) is 1.77. The Bertz CT molecular complexity index is 684. The molecule has 2 rings (SSSR count). The van der Waals surface area contributed by atoms with Crippen LogP contribution in [-0.4, -0.2) is 26.2 Å². The third-order valence-corrected chi connectivity index (χ3v) is 3.47. The van der Waals surface area contributed by atoms with Crippen LogP contribution in [0.1, 0.15) is 25.3 Å². The first-order valence-corrected chi connectivity index (χ1v) is 7.59. The van der Waals surface area contributed by atoms with Gasteiger partial charge in [-0.3, -0.25) is 4.79 Å². The van der Waals surface area contributed by atoms with Gasteiger partial charge in [0.25, 0.3) is 5.91 Å². The van der Waals surface area contributed by atoms with Gasteiger partial charge in [0.1, 0.15) is 29.7 Å². The summed E-state index contributed by atoms with van der Waals surface area (Å²) in [6, 6.07) is 7.49. The summed E-state index contributed by atoms with van der Waals surface area (Å²) in [6.07, 6.45) is 5.37. The van der Waals surface area contributed by atoms with Gasteiger partial charge in [0.2, 0.25) is 0 Å². The third-order valence-electron chi connectivity index (χ3n) is 3.47. The first-order valence-electron chi connectivity index (χ1n) is 7.59. The quantitative estimate of drug-likeness (QED) is 0.498. The molecule has 5 nitrogen and oxygen atoms in total. The Morgan fingerprint density at radius 1 is 1.52 bits per heavy atom. The first kappa shape index (κ1) is 16.6. The molecule has 1 aliphatic rings. The maximum absolute atomic E-state index is 12.0. The molecule has 1 aromatic rings. The maximum Gasteiger partial charge on any atom is 0.261 e. The molecule has 0 spiro atoms. The van der Waals surface area contributed by atoms with E-state index in [1.54, 1.807) is 13.2 Å². The zero-order valence-corrected chi connectivity index (χ0v) is 13.4. The minimum absolute atomic E-state index is 0.0907. The van der Waals surface area contributed by atoms with Crippen LogP contribution in [0.5, 0.6) is 11.5 Å². The molecule has 0 saturated carbocycles. The molecule has 1 N–H and O–H groups in total. The topological polar surface area (TPSA) is 71.4 Å². The second-order valence-corrected chi connectivity index (χ2v) is 5.19. The Balaban J connectivity index is 2.15. The van der Waals surface area contributed by atoms with Crippen LogP contribution in [-0.2, 0) is 4.79 Å². The highest BCUT2D eigenvalue weighted by Gasteiger charge is 2.14. The highest BCUT2D eigenvalue weighted by Crippen LogP contribution is 2.30. The number of amides is 1. The Hall–Kier alpha value is -2.74. The van der Waals surface area contributed by atoms with Gasteiger partial charge in [-0.15, -0.1) is 0 Å². The molecule has 1 heterocycles. The molecule has 0 unspecified atom stereocenters. The molecule has 0 saturated heterocycles. The van der Waals surface area contributed by atoms with Crippen molar-refractivity contribution in [3.8, 4) is 17.6 Å². The zero-order valence-electron chi connectivity index (χ0n) is 13.4. The van der Waals surface area contributed by atoms with Crippen molar-refractivity contribution in [3.05, 3.63) is 41.0 Å². The molecular formula is C18H20N2O3. The molecule has 0 aliphatic carbocycles. The van der Waals surface area contributed by atoms with Crippen molar-refractivity contribution >= 4 is 12.0 Å². The molecule has 120 valence electrons. The summed E-state index contributed by atoms with van der Waals surface area (Å²) in [4.78, 5) is 12.0. The number of hydrogen-bond acceptors (Lipinski definition) is 4.